The van der Waals surface area contributed by atoms with E-state index in [1.165, 1.54) is 15.6 Å². The Labute approximate surface area is 264 Å². The molecule has 0 spiro atoms. The monoisotopic (exact) mass is 690 g/mol. The first-order chi connectivity index (χ1) is 19.9. The third-order valence-electron chi connectivity index (χ3n) is 7.53. The Morgan fingerprint density at radius 2 is 1.79 bits per heavy atom. The second-order valence-electron chi connectivity index (χ2n) is 10.2. The number of carbonyl (C=O) groups is 1. The van der Waals surface area contributed by atoms with Gasteiger partial charge in [-0.25, -0.2) is 13.4 Å². The molecule has 4 aromatic rings. The second-order valence-corrected chi connectivity index (χ2v) is 14.0. The number of aromatic nitrogens is 1. The molecular formula is C30H32BrClN4O4S2. The van der Waals surface area contributed by atoms with Gasteiger partial charge in [-0.1, -0.05) is 45.5 Å². The quantitative estimate of drug-likeness (QED) is 0.226. The van der Waals surface area contributed by atoms with E-state index in [1.54, 1.807) is 29.2 Å². The van der Waals surface area contributed by atoms with Gasteiger partial charge < -0.3 is 4.74 Å². The van der Waals surface area contributed by atoms with Gasteiger partial charge in [0.05, 0.1) is 34.0 Å². The van der Waals surface area contributed by atoms with Gasteiger partial charge >= 0.3 is 0 Å². The van der Waals surface area contributed by atoms with Crippen LogP contribution in [-0.2, 0) is 21.2 Å². The summed E-state index contributed by atoms with van der Waals surface area (Å²) >= 11 is 5.00. The van der Waals surface area contributed by atoms with Crippen LogP contribution in [0.25, 0.3) is 10.2 Å². The molecule has 1 fully saturated rings. The Bertz CT molecular complexity index is 1660. The smallest absolute Gasteiger partial charge is 0.264 e. The molecule has 0 N–H and O–H groups in total. The van der Waals surface area contributed by atoms with E-state index in [0.29, 0.717) is 23.8 Å². The van der Waals surface area contributed by atoms with Crippen LogP contribution in [0.4, 0.5) is 10.8 Å². The van der Waals surface area contributed by atoms with Gasteiger partial charge in [-0.2, -0.15) is 0 Å². The molecule has 0 saturated carbocycles. The van der Waals surface area contributed by atoms with E-state index in [1.807, 2.05) is 42.5 Å². The molecule has 0 unspecified atom stereocenters. The maximum Gasteiger partial charge on any atom is 0.264 e. The number of fused-ring (bicyclic) bond motifs is 2. The molecular weight excluding hydrogens is 660 g/mol. The minimum atomic E-state index is -3.76. The number of hydrogen-bond acceptors (Lipinski definition) is 7. The fraction of sp³-hybridized carbons (Fsp3) is 0.333. The first kappa shape index (κ1) is 30.9. The van der Waals surface area contributed by atoms with E-state index < -0.39 is 10.0 Å². The lowest BCUT2D eigenvalue weighted by Gasteiger charge is -2.30. The van der Waals surface area contributed by atoms with Gasteiger partial charge in [-0.3, -0.25) is 18.9 Å². The fourth-order valence-electron chi connectivity index (χ4n) is 5.36. The van der Waals surface area contributed by atoms with Crippen LogP contribution in [0.5, 0.6) is 0 Å². The molecule has 6 rings (SSSR count). The van der Waals surface area contributed by atoms with Crippen molar-refractivity contribution in [1.82, 2.24) is 9.88 Å². The number of aryl methyl sites for hydroxylation is 1. The number of anilines is 2. The number of ether oxygens (including phenoxy) is 1. The van der Waals surface area contributed by atoms with Gasteiger partial charge in [0, 0.05) is 42.8 Å². The van der Waals surface area contributed by atoms with E-state index >= 15 is 0 Å². The van der Waals surface area contributed by atoms with Gasteiger partial charge in [0.1, 0.15) is 0 Å². The average Bonchev–Trinajstić information content (AvgIpc) is 3.42. The maximum atomic E-state index is 13.9. The first-order valence-electron chi connectivity index (χ1n) is 13.8. The topological polar surface area (TPSA) is 83.1 Å². The number of nitrogens with zero attached hydrogens (tertiary/aromatic N) is 4. The van der Waals surface area contributed by atoms with Gasteiger partial charge in [-0.05, 0) is 73.4 Å². The molecule has 0 aliphatic carbocycles. The van der Waals surface area contributed by atoms with Gasteiger partial charge in [0.2, 0.25) is 0 Å². The summed E-state index contributed by atoms with van der Waals surface area (Å²) in [6.07, 6.45) is 2.41. The van der Waals surface area contributed by atoms with E-state index in [4.69, 9.17) is 9.72 Å². The van der Waals surface area contributed by atoms with E-state index in [2.05, 4.69) is 20.8 Å². The van der Waals surface area contributed by atoms with Gasteiger partial charge in [-0.15, -0.1) is 12.4 Å². The third-order valence-corrected chi connectivity index (χ3v) is 10.9. The van der Waals surface area contributed by atoms with Crippen molar-refractivity contribution in [2.75, 3.05) is 55.1 Å². The number of rotatable bonds is 8. The summed E-state index contributed by atoms with van der Waals surface area (Å²) in [6, 6.07) is 19.8. The standard InChI is InChI=1S/C30H31BrN4O4S2.ClH/c31-24-10-13-26-28(21-24)40-30(32-26)34(15-4-14-33-17-19-39-20-18-33)29(36)23-8-11-25(12-9-23)41(37,38)35-16-3-6-22-5-1-2-7-27(22)35;/h1-2,5,7-13,21H,3-4,6,14-20H2;1H. The summed E-state index contributed by atoms with van der Waals surface area (Å²) in [6.45, 7) is 5.03. The number of morpholine rings is 1. The Balaban J connectivity index is 0.00000353. The third kappa shape index (κ3) is 6.51. The minimum absolute atomic E-state index is 0. The number of halogens is 2. The number of benzene rings is 3. The van der Waals surface area contributed by atoms with Crippen LogP contribution in [0.1, 0.15) is 28.8 Å². The molecule has 1 saturated heterocycles. The highest BCUT2D eigenvalue weighted by atomic mass is 79.9. The molecule has 3 heterocycles. The largest absolute Gasteiger partial charge is 0.379 e. The highest BCUT2D eigenvalue weighted by Gasteiger charge is 2.29. The normalized spacial score (nSPS) is 15.7. The van der Waals surface area contributed by atoms with Crippen LogP contribution in [0, 0.1) is 0 Å². The Morgan fingerprint density at radius 3 is 2.57 bits per heavy atom. The molecule has 0 radical (unpaired) electrons. The Kier molecular flexibility index (Phi) is 9.86. The minimum Gasteiger partial charge on any atom is -0.379 e. The van der Waals surface area contributed by atoms with Crippen molar-refractivity contribution in [1.29, 1.82) is 0 Å². The molecule has 222 valence electrons. The van der Waals surface area contributed by atoms with Crippen LogP contribution >= 0.6 is 39.7 Å². The molecule has 0 atom stereocenters. The predicted molar refractivity (Wildman–Crippen MR) is 174 cm³/mol. The Morgan fingerprint density at radius 1 is 1.02 bits per heavy atom. The zero-order valence-electron chi connectivity index (χ0n) is 22.9. The molecule has 2 aliphatic rings. The molecule has 42 heavy (non-hydrogen) atoms. The molecule has 1 amide bonds. The highest BCUT2D eigenvalue weighted by Crippen LogP contribution is 2.33. The van der Waals surface area contributed by atoms with Crippen molar-refractivity contribution >= 4 is 76.6 Å². The van der Waals surface area contributed by atoms with Crippen molar-refractivity contribution in [2.24, 2.45) is 0 Å². The molecule has 1 aromatic heterocycles. The number of para-hydroxylation sites is 1. The van der Waals surface area contributed by atoms with Gasteiger partial charge in [0.25, 0.3) is 15.9 Å². The molecule has 8 nitrogen and oxygen atoms in total. The summed E-state index contributed by atoms with van der Waals surface area (Å²) in [5.74, 6) is -0.197. The SMILES string of the molecule is Cl.O=C(c1ccc(S(=O)(=O)N2CCCc3ccccc32)cc1)N(CCCN1CCOCC1)c1nc2ccc(Br)cc2s1. The highest BCUT2D eigenvalue weighted by molar-refractivity contribution is 9.10. The zero-order chi connectivity index (χ0) is 28.4. The van der Waals surface area contributed by atoms with Crippen molar-refractivity contribution in [3.05, 3.63) is 82.3 Å². The van der Waals surface area contributed by atoms with Gasteiger partial charge in [0.15, 0.2) is 5.13 Å². The maximum absolute atomic E-state index is 13.9. The molecule has 12 heteroatoms. The number of thiazole rings is 1. The number of hydrogen-bond donors (Lipinski definition) is 0. The van der Waals surface area contributed by atoms with Crippen LogP contribution in [0.2, 0.25) is 0 Å². The van der Waals surface area contributed by atoms with Crippen molar-refractivity contribution in [2.45, 2.75) is 24.2 Å². The summed E-state index contributed by atoms with van der Waals surface area (Å²) in [5.41, 5.74) is 3.02. The van der Waals surface area contributed by atoms with E-state index in [-0.39, 0.29) is 23.2 Å². The van der Waals surface area contributed by atoms with Crippen molar-refractivity contribution in [3.8, 4) is 0 Å². The number of sulfonamides is 1. The summed E-state index contributed by atoms with van der Waals surface area (Å²) < 4.78 is 36.1. The van der Waals surface area contributed by atoms with E-state index in [0.717, 1.165) is 78.1 Å². The second kappa shape index (κ2) is 13.4. The van der Waals surface area contributed by atoms with Crippen LogP contribution < -0.4 is 9.21 Å². The molecule has 2 aliphatic heterocycles. The average molecular weight is 692 g/mol. The Hall–Kier alpha value is -2.54. The van der Waals surface area contributed by atoms with Crippen LogP contribution in [0.3, 0.4) is 0 Å². The lowest BCUT2D eigenvalue weighted by Crippen LogP contribution is -2.39. The summed E-state index contributed by atoms with van der Waals surface area (Å²) in [5, 5.41) is 0.631. The number of amides is 1. The summed E-state index contributed by atoms with van der Waals surface area (Å²) in [7, 11) is -3.76. The molecule has 0 bridgehead atoms. The van der Waals surface area contributed by atoms with Crippen molar-refractivity contribution in [3.63, 3.8) is 0 Å². The van der Waals surface area contributed by atoms with Crippen LogP contribution in [0.15, 0.2) is 76.1 Å². The summed E-state index contributed by atoms with van der Waals surface area (Å²) in [4.78, 5) is 22.9. The van der Waals surface area contributed by atoms with E-state index in [9.17, 15) is 13.2 Å². The first-order valence-corrected chi connectivity index (χ1v) is 16.8. The van der Waals surface area contributed by atoms with Crippen LogP contribution in [-0.4, -0.2) is 70.1 Å². The number of carbonyl (C=O) groups excluding carboxylic acids is 1. The predicted octanol–water partition coefficient (Wildman–Crippen LogP) is 5.99. The lowest BCUT2D eigenvalue weighted by molar-refractivity contribution is 0.0376. The zero-order valence-corrected chi connectivity index (χ0v) is 27.0. The molecule has 3 aromatic carbocycles. The lowest BCUT2D eigenvalue weighted by atomic mass is 10.0. The fourth-order valence-corrected chi connectivity index (χ4v) is 8.45. The van der Waals surface area contributed by atoms with Crippen molar-refractivity contribution < 1.29 is 17.9 Å².